The molecule has 0 aliphatic heterocycles. The van der Waals surface area contributed by atoms with Crippen molar-refractivity contribution in [2.75, 3.05) is 14.2 Å². The zero-order chi connectivity index (χ0) is 13.0. The predicted molar refractivity (Wildman–Crippen MR) is 63.2 cm³/mol. The SMILES string of the molecule is COC(=O)C[C@H](N)c1c(OC)ccc(Cl)c1O. The van der Waals surface area contributed by atoms with Gasteiger partial charge in [-0.3, -0.25) is 4.79 Å². The molecule has 1 atom stereocenters. The lowest BCUT2D eigenvalue weighted by atomic mass is 10.0. The van der Waals surface area contributed by atoms with E-state index in [1.54, 1.807) is 6.07 Å². The maximum absolute atomic E-state index is 11.1. The molecule has 0 amide bonds. The summed E-state index contributed by atoms with van der Waals surface area (Å²) < 4.78 is 9.58. The first-order chi connectivity index (χ1) is 8.01. The quantitative estimate of drug-likeness (QED) is 0.803. The van der Waals surface area contributed by atoms with Crippen LogP contribution in [0.25, 0.3) is 0 Å². The van der Waals surface area contributed by atoms with Gasteiger partial charge in [-0.15, -0.1) is 0 Å². The number of rotatable bonds is 4. The summed E-state index contributed by atoms with van der Waals surface area (Å²) in [6, 6.07) is 2.33. The van der Waals surface area contributed by atoms with Gasteiger partial charge in [0.25, 0.3) is 0 Å². The third-order valence-electron chi connectivity index (χ3n) is 2.33. The number of phenols is 1. The van der Waals surface area contributed by atoms with Gasteiger partial charge < -0.3 is 20.3 Å². The number of esters is 1. The van der Waals surface area contributed by atoms with E-state index in [1.807, 2.05) is 0 Å². The largest absolute Gasteiger partial charge is 0.506 e. The molecule has 17 heavy (non-hydrogen) atoms. The second-order valence-electron chi connectivity index (χ2n) is 3.40. The van der Waals surface area contributed by atoms with Crippen LogP contribution in [0.15, 0.2) is 12.1 Å². The third-order valence-corrected chi connectivity index (χ3v) is 2.64. The van der Waals surface area contributed by atoms with E-state index in [0.29, 0.717) is 11.3 Å². The Labute approximate surface area is 104 Å². The summed E-state index contributed by atoms with van der Waals surface area (Å²) in [6.07, 6.45) is -0.0687. The molecule has 1 rings (SSSR count). The predicted octanol–water partition coefficient (Wildman–Crippen LogP) is 1.62. The van der Waals surface area contributed by atoms with Crippen molar-refractivity contribution >= 4 is 17.6 Å². The van der Waals surface area contributed by atoms with Crippen LogP contribution in [0.5, 0.6) is 11.5 Å². The molecule has 0 heterocycles. The van der Waals surface area contributed by atoms with E-state index < -0.39 is 12.0 Å². The topological polar surface area (TPSA) is 81.8 Å². The number of nitrogens with two attached hydrogens (primary N) is 1. The number of hydrogen-bond donors (Lipinski definition) is 2. The maximum Gasteiger partial charge on any atom is 0.307 e. The van der Waals surface area contributed by atoms with Crippen LogP contribution in [0.1, 0.15) is 18.0 Å². The van der Waals surface area contributed by atoms with Crippen molar-refractivity contribution in [3.05, 3.63) is 22.7 Å². The van der Waals surface area contributed by atoms with Crippen LogP contribution >= 0.6 is 11.6 Å². The Kier molecular flexibility index (Phi) is 4.60. The lowest BCUT2D eigenvalue weighted by molar-refractivity contribution is -0.141. The van der Waals surface area contributed by atoms with Gasteiger partial charge in [-0.2, -0.15) is 0 Å². The van der Waals surface area contributed by atoms with Gasteiger partial charge in [0.1, 0.15) is 11.5 Å². The molecule has 3 N–H and O–H groups in total. The summed E-state index contributed by atoms with van der Waals surface area (Å²) in [5.74, 6) is -0.273. The molecule has 5 nitrogen and oxygen atoms in total. The van der Waals surface area contributed by atoms with Gasteiger partial charge in [0.15, 0.2) is 0 Å². The molecule has 0 radical (unpaired) electrons. The molecule has 0 saturated heterocycles. The number of carbonyl (C=O) groups excluding carboxylic acids is 1. The number of carbonyl (C=O) groups is 1. The van der Waals surface area contributed by atoms with Gasteiger partial charge in [-0.25, -0.2) is 0 Å². The molecule has 0 fully saturated rings. The van der Waals surface area contributed by atoms with Crippen LogP contribution in [0.3, 0.4) is 0 Å². The normalized spacial score (nSPS) is 12.0. The second kappa shape index (κ2) is 5.75. The van der Waals surface area contributed by atoms with Gasteiger partial charge in [0.2, 0.25) is 0 Å². The smallest absolute Gasteiger partial charge is 0.307 e. The van der Waals surface area contributed by atoms with Crippen LogP contribution in [-0.4, -0.2) is 25.3 Å². The Morgan fingerprint density at radius 2 is 2.18 bits per heavy atom. The van der Waals surface area contributed by atoms with E-state index in [1.165, 1.54) is 20.3 Å². The molecule has 0 saturated carbocycles. The zero-order valence-corrected chi connectivity index (χ0v) is 10.3. The number of benzene rings is 1. The number of ether oxygens (including phenoxy) is 2. The average molecular weight is 260 g/mol. The summed E-state index contributed by atoms with van der Waals surface area (Å²) in [6.45, 7) is 0. The van der Waals surface area contributed by atoms with E-state index in [9.17, 15) is 9.90 Å². The van der Waals surface area contributed by atoms with Crippen molar-refractivity contribution in [2.45, 2.75) is 12.5 Å². The van der Waals surface area contributed by atoms with Crippen LogP contribution in [0.2, 0.25) is 5.02 Å². The van der Waals surface area contributed by atoms with E-state index in [0.717, 1.165) is 0 Å². The Bertz CT molecular complexity index is 422. The minimum atomic E-state index is -0.740. The molecular formula is C11H14ClNO4. The lowest BCUT2D eigenvalue weighted by Crippen LogP contribution is -2.17. The summed E-state index contributed by atoms with van der Waals surface area (Å²) in [5.41, 5.74) is 6.11. The Balaban J connectivity index is 3.10. The van der Waals surface area contributed by atoms with Crippen molar-refractivity contribution < 1.29 is 19.4 Å². The monoisotopic (exact) mass is 259 g/mol. The maximum atomic E-state index is 11.1. The zero-order valence-electron chi connectivity index (χ0n) is 9.57. The third kappa shape index (κ3) is 3.01. The highest BCUT2D eigenvalue weighted by Crippen LogP contribution is 2.38. The van der Waals surface area contributed by atoms with E-state index in [-0.39, 0.29) is 17.2 Å². The van der Waals surface area contributed by atoms with E-state index >= 15 is 0 Å². The van der Waals surface area contributed by atoms with Crippen molar-refractivity contribution in [1.82, 2.24) is 0 Å². The highest BCUT2D eigenvalue weighted by Gasteiger charge is 2.21. The van der Waals surface area contributed by atoms with Gasteiger partial charge in [-0.05, 0) is 12.1 Å². The first kappa shape index (κ1) is 13.6. The number of halogens is 1. The molecule has 6 heteroatoms. The molecule has 0 bridgehead atoms. The highest BCUT2D eigenvalue weighted by molar-refractivity contribution is 6.32. The van der Waals surface area contributed by atoms with Gasteiger partial charge in [0, 0.05) is 6.04 Å². The van der Waals surface area contributed by atoms with Crippen LogP contribution in [0.4, 0.5) is 0 Å². The molecule has 1 aromatic carbocycles. The molecule has 0 aliphatic carbocycles. The standard InChI is InChI=1S/C11H14ClNO4/c1-16-8-4-3-6(12)11(15)10(8)7(13)5-9(14)17-2/h3-4,7,15H,5,13H2,1-2H3/t7-/m0/s1. The molecule has 0 unspecified atom stereocenters. The van der Waals surface area contributed by atoms with Crippen molar-refractivity contribution in [1.29, 1.82) is 0 Å². The molecule has 0 spiro atoms. The molecule has 0 aromatic heterocycles. The van der Waals surface area contributed by atoms with Crippen molar-refractivity contribution in [3.8, 4) is 11.5 Å². The number of hydrogen-bond acceptors (Lipinski definition) is 5. The fourth-order valence-corrected chi connectivity index (χ4v) is 1.63. The second-order valence-corrected chi connectivity index (χ2v) is 3.81. The van der Waals surface area contributed by atoms with Crippen LogP contribution in [0, 0.1) is 0 Å². The fraction of sp³-hybridized carbons (Fsp3) is 0.364. The number of aromatic hydroxyl groups is 1. The lowest BCUT2D eigenvalue weighted by Gasteiger charge is -2.16. The van der Waals surface area contributed by atoms with E-state index in [2.05, 4.69) is 4.74 Å². The Morgan fingerprint density at radius 1 is 1.53 bits per heavy atom. The van der Waals surface area contributed by atoms with Crippen LogP contribution in [-0.2, 0) is 9.53 Å². The molecular weight excluding hydrogens is 246 g/mol. The van der Waals surface area contributed by atoms with Gasteiger partial charge >= 0.3 is 5.97 Å². The molecule has 1 aromatic rings. The minimum absolute atomic E-state index is 0.0687. The summed E-state index contributed by atoms with van der Waals surface area (Å²) >= 11 is 5.78. The summed E-state index contributed by atoms with van der Waals surface area (Å²) in [5, 5.41) is 9.98. The van der Waals surface area contributed by atoms with Gasteiger partial charge in [0.05, 0.1) is 31.2 Å². The summed E-state index contributed by atoms with van der Waals surface area (Å²) in [4.78, 5) is 11.1. The molecule has 0 aliphatic rings. The van der Waals surface area contributed by atoms with Crippen LogP contribution < -0.4 is 10.5 Å². The first-order valence-corrected chi connectivity index (χ1v) is 5.26. The van der Waals surface area contributed by atoms with E-state index in [4.69, 9.17) is 22.1 Å². The van der Waals surface area contributed by atoms with Gasteiger partial charge in [-0.1, -0.05) is 11.6 Å². The number of phenolic OH excluding ortho intramolecular Hbond substituents is 1. The van der Waals surface area contributed by atoms with Crippen molar-refractivity contribution in [2.24, 2.45) is 5.73 Å². The first-order valence-electron chi connectivity index (χ1n) is 4.89. The minimum Gasteiger partial charge on any atom is -0.506 e. The number of methoxy groups -OCH3 is 2. The average Bonchev–Trinajstić information content (AvgIpc) is 2.31. The van der Waals surface area contributed by atoms with Crippen molar-refractivity contribution in [3.63, 3.8) is 0 Å². The highest BCUT2D eigenvalue weighted by atomic mass is 35.5. The molecule has 94 valence electrons. The Morgan fingerprint density at radius 3 is 2.71 bits per heavy atom. The summed E-state index contributed by atoms with van der Waals surface area (Å²) in [7, 11) is 2.71. The fourth-order valence-electron chi connectivity index (χ4n) is 1.46. The Hall–Kier alpha value is -1.46.